The summed E-state index contributed by atoms with van der Waals surface area (Å²) in [5.74, 6) is 0.682. The molecule has 3 N–H and O–H groups in total. The minimum atomic E-state index is -0.213. The molecule has 2 unspecified atom stereocenters. The molecule has 1 aromatic rings. The summed E-state index contributed by atoms with van der Waals surface area (Å²) in [4.78, 5) is 12.6. The van der Waals surface area contributed by atoms with Gasteiger partial charge in [0.1, 0.15) is 0 Å². The summed E-state index contributed by atoms with van der Waals surface area (Å²) in [6.45, 7) is 10.7. The topological polar surface area (TPSA) is 61.4 Å². The molecule has 2 rings (SSSR count). The van der Waals surface area contributed by atoms with Crippen LogP contribution in [-0.2, 0) is 0 Å². The van der Waals surface area contributed by atoms with Gasteiger partial charge in [-0.3, -0.25) is 0 Å². The van der Waals surface area contributed by atoms with Crippen LogP contribution in [0.3, 0.4) is 0 Å². The number of amides is 2. The fourth-order valence-corrected chi connectivity index (χ4v) is 3.67. The molecule has 0 bridgehead atoms. The van der Waals surface area contributed by atoms with Crippen LogP contribution in [0.4, 0.5) is 10.5 Å². The van der Waals surface area contributed by atoms with Crippen LogP contribution in [-0.4, -0.2) is 23.8 Å². The highest BCUT2D eigenvalue weighted by atomic mass is 16.3. The lowest BCUT2D eigenvalue weighted by Gasteiger charge is -2.30. The van der Waals surface area contributed by atoms with E-state index in [2.05, 4.69) is 56.5 Å². The Morgan fingerprint density at radius 3 is 2.33 bits per heavy atom. The third-order valence-corrected chi connectivity index (χ3v) is 5.36. The normalized spacial score (nSPS) is 23.8. The highest BCUT2D eigenvalue weighted by Gasteiger charge is 2.39. The summed E-state index contributed by atoms with van der Waals surface area (Å²) in [6, 6.07) is 6.08. The van der Waals surface area contributed by atoms with Crippen molar-refractivity contribution < 1.29 is 9.90 Å². The van der Waals surface area contributed by atoms with Gasteiger partial charge in [-0.25, -0.2) is 4.79 Å². The Balaban J connectivity index is 2.19. The van der Waals surface area contributed by atoms with Crippen molar-refractivity contribution in [3.8, 4) is 0 Å². The lowest BCUT2D eigenvalue weighted by Crippen LogP contribution is -2.46. The number of rotatable bonds is 5. The third kappa shape index (κ3) is 3.92. The van der Waals surface area contributed by atoms with Crippen LogP contribution < -0.4 is 10.6 Å². The Kier molecular flexibility index (Phi) is 5.92. The van der Waals surface area contributed by atoms with Gasteiger partial charge in [0.05, 0.1) is 6.61 Å². The summed E-state index contributed by atoms with van der Waals surface area (Å²) in [5.41, 5.74) is 3.04. The molecule has 4 nitrogen and oxygen atoms in total. The molecule has 1 aliphatic carbocycles. The molecule has 134 valence electrons. The van der Waals surface area contributed by atoms with Gasteiger partial charge in [0, 0.05) is 17.1 Å². The Bertz CT molecular complexity index is 557. The first kappa shape index (κ1) is 18.8. The average molecular weight is 332 g/mol. The van der Waals surface area contributed by atoms with Crippen molar-refractivity contribution in [2.24, 2.45) is 5.41 Å². The number of urea groups is 1. The number of anilines is 1. The zero-order valence-corrected chi connectivity index (χ0v) is 15.6. The first-order chi connectivity index (χ1) is 11.3. The van der Waals surface area contributed by atoms with E-state index in [0.717, 1.165) is 36.1 Å². The standard InChI is InChI=1S/C20H32N2O2/c1-13(2)15-8-6-9-16(14(3)4)18(15)22-19(24)21-17-10-7-11-20(17,5)12-23/h6,8-9,13-14,17,23H,7,10-12H2,1-5H3,(H2,21,22,24). The third-order valence-electron chi connectivity index (χ3n) is 5.36. The van der Waals surface area contributed by atoms with Gasteiger partial charge in [-0.2, -0.15) is 0 Å². The van der Waals surface area contributed by atoms with Gasteiger partial charge in [-0.05, 0) is 35.8 Å². The molecule has 24 heavy (non-hydrogen) atoms. The average Bonchev–Trinajstić information content (AvgIpc) is 2.88. The van der Waals surface area contributed by atoms with Gasteiger partial charge in [-0.1, -0.05) is 59.2 Å². The van der Waals surface area contributed by atoms with E-state index in [0.29, 0.717) is 11.8 Å². The number of aliphatic hydroxyl groups is 1. The second-order valence-corrected chi connectivity index (χ2v) is 7.98. The van der Waals surface area contributed by atoms with Gasteiger partial charge in [0.15, 0.2) is 0 Å². The second-order valence-electron chi connectivity index (χ2n) is 7.98. The Morgan fingerprint density at radius 1 is 1.25 bits per heavy atom. The minimum absolute atomic E-state index is 0.0243. The molecule has 2 amide bonds. The molecular formula is C20H32N2O2. The molecule has 0 heterocycles. The molecule has 0 saturated heterocycles. The molecule has 1 aliphatic rings. The Morgan fingerprint density at radius 2 is 1.83 bits per heavy atom. The summed E-state index contributed by atoms with van der Waals surface area (Å²) in [5, 5.41) is 15.9. The van der Waals surface area contributed by atoms with Crippen LogP contribution >= 0.6 is 0 Å². The van der Waals surface area contributed by atoms with E-state index < -0.39 is 0 Å². The highest BCUT2D eigenvalue weighted by Crippen LogP contribution is 2.37. The number of hydrogen-bond donors (Lipinski definition) is 3. The largest absolute Gasteiger partial charge is 0.396 e. The molecule has 4 heteroatoms. The highest BCUT2D eigenvalue weighted by molar-refractivity contribution is 5.91. The van der Waals surface area contributed by atoms with E-state index in [1.54, 1.807) is 0 Å². The molecule has 1 aromatic carbocycles. The maximum atomic E-state index is 12.6. The smallest absolute Gasteiger partial charge is 0.319 e. The number of aliphatic hydroxyl groups excluding tert-OH is 1. The van der Waals surface area contributed by atoms with Crippen LogP contribution in [0.2, 0.25) is 0 Å². The predicted octanol–water partition coefficient (Wildman–Crippen LogP) is 4.61. The van der Waals surface area contributed by atoms with E-state index >= 15 is 0 Å². The maximum absolute atomic E-state index is 12.6. The SMILES string of the molecule is CC(C)c1cccc(C(C)C)c1NC(=O)NC1CCCC1(C)CO. The molecule has 1 saturated carbocycles. The van der Waals surface area contributed by atoms with Gasteiger partial charge in [-0.15, -0.1) is 0 Å². The monoisotopic (exact) mass is 332 g/mol. The van der Waals surface area contributed by atoms with E-state index in [1.165, 1.54) is 0 Å². The molecule has 0 spiro atoms. The van der Waals surface area contributed by atoms with Gasteiger partial charge >= 0.3 is 6.03 Å². The number of nitrogens with one attached hydrogen (secondary N) is 2. The van der Waals surface area contributed by atoms with E-state index in [9.17, 15) is 9.90 Å². The molecule has 1 fully saturated rings. The van der Waals surface area contributed by atoms with Crippen molar-refractivity contribution in [2.75, 3.05) is 11.9 Å². The number of carbonyl (C=O) groups is 1. The van der Waals surface area contributed by atoms with Gasteiger partial charge in [0.2, 0.25) is 0 Å². The summed E-state index contributed by atoms with van der Waals surface area (Å²) in [6.07, 6.45) is 2.92. The summed E-state index contributed by atoms with van der Waals surface area (Å²) in [7, 11) is 0. The van der Waals surface area contributed by atoms with Crippen molar-refractivity contribution in [3.05, 3.63) is 29.3 Å². The molecule has 0 aliphatic heterocycles. The van der Waals surface area contributed by atoms with Crippen LogP contribution in [0, 0.1) is 5.41 Å². The number of benzene rings is 1. The first-order valence-corrected chi connectivity index (χ1v) is 9.09. The molecule has 0 aromatic heterocycles. The summed E-state index contributed by atoms with van der Waals surface area (Å²) < 4.78 is 0. The second kappa shape index (κ2) is 7.56. The molecular weight excluding hydrogens is 300 g/mol. The zero-order valence-electron chi connectivity index (χ0n) is 15.6. The van der Waals surface area contributed by atoms with Gasteiger partial charge < -0.3 is 15.7 Å². The van der Waals surface area contributed by atoms with Crippen molar-refractivity contribution >= 4 is 11.7 Å². The van der Waals surface area contributed by atoms with Crippen LogP contribution in [0.25, 0.3) is 0 Å². The summed E-state index contributed by atoms with van der Waals surface area (Å²) >= 11 is 0. The lowest BCUT2D eigenvalue weighted by molar-refractivity contribution is 0.122. The quantitative estimate of drug-likeness (QED) is 0.737. The van der Waals surface area contributed by atoms with E-state index in [4.69, 9.17) is 0 Å². The van der Waals surface area contributed by atoms with E-state index in [-0.39, 0.29) is 24.1 Å². The van der Waals surface area contributed by atoms with Crippen molar-refractivity contribution in [1.29, 1.82) is 0 Å². The van der Waals surface area contributed by atoms with Crippen molar-refractivity contribution in [1.82, 2.24) is 5.32 Å². The lowest BCUT2D eigenvalue weighted by atomic mass is 9.86. The predicted molar refractivity (Wildman–Crippen MR) is 99.6 cm³/mol. The molecule has 0 radical (unpaired) electrons. The fourth-order valence-electron chi connectivity index (χ4n) is 3.67. The maximum Gasteiger partial charge on any atom is 0.319 e. The molecule has 2 atom stereocenters. The van der Waals surface area contributed by atoms with Crippen molar-refractivity contribution in [2.45, 2.75) is 71.8 Å². The number of hydrogen-bond acceptors (Lipinski definition) is 2. The van der Waals surface area contributed by atoms with Crippen LogP contribution in [0.5, 0.6) is 0 Å². The minimum Gasteiger partial charge on any atom is -0.396 e. The zero-order chi connectivity index (χ0) is 17.9. The van der Waals surface area contributed by atoms with E-state index in [1.807, 2.05) is 6.92 Å². The number of carbonyl (C=O) groups excluding carboxylic acids is 1. The van der Waals surface area contributed by atoms with Crippen LogP contribution in [0.1, 0.15) is 76.8 Å². The first-order valence-electron chi connectivity index (χ1n) is 9.09. The van der Waals surface area contributed by atoms with Crippen molar-refractivity contribution in [3.63, 3.8) is 0 Å². The van der Waals surface area contributed by atoms with Gasteiger partial charge in [0.25, 0.3) is 0 Å². The fraction of sp³-hybridized carbons (Fsp3) is 0.650. The Labute approximate surface area is 146 Å². The van der Waals surface area contributed by atoms with Crippen LogP contribution in [0.15, 0.2) is 18.2 Å². The Hall–Kier alpha value is -1.55. The number of para-hydroxylation sites is 1.